The predicted molar refractivity (Wildman–Crippen MR) is 47.5 cm³/mol. The summed E-state index contributed by atoms with van der Waals surface area (Å²) < 4.78 is 66.8. The van der Waals surface area contributed by atoms with Crippen molar-refractivity contribution in [2.24, 2.45) is 0 Å². The fourth-order valence-electron chi connectivity index (χ4n) is 0.900. The zero-order valence-electron chi connectivity index (χ0n) is 7.39. The lowest BCUT2D eigenvalue weighted by Gasteiger charge is -2.11. The summed E-state index contributed by atoms with van der Waals surface area (Å²) in [6.07, 6.45) is -4.89. The molecule has 0 atom stereocenters. The number of halogens is 6. The van der Waals surface area contributed by atoms with Crippen LogP contribution in [0.5, 0.6) is 11.5 Å². The van der Waals surface area contributed by atoms with Gasteiger partial charge in [0.2, 0.25) is 0 Å². The Labute approximate surface area is 95.1 Å². The highest BCUT2D eigenvalue weighted by Crippen LogP contribution is 2.30. The lowest BCUT2D eigenvalue weighted by atomic mass is 10.3. The Morgan fingerprint density at radius 1 is 1.06 bits per heavy atom. The summed E-state index contributed by atoms with van der Waals surface area (Å²) in [6, 6.07) is 2.78. The minimum atomic E-state index is -4.89. The molecule has 0 aliphatic heterocycles. The summed E-state index contributed by atoms with van der Waals surface area (Å²) in [5.74, 6) is -1.07. The Bertz CT molecular complexity index is 366. The van der Waals surface area contributed by atoms with Gasteiger partial charge in [-0.1, -0.05) is 15.9 Å². The number of benzene rings is 1. The van der Waals surface area contributed by atoms with Gasteiger partial charge in [0.1, 0.15) is 11.5 Å². The van der Waals surface area contributed by atoms with E-state index in [1.54, 1.807) is 0 Å². The molecule has 90 valence electrons. The zero-order chi connectivity index (χ0) is 12.3. The highest BCUT2D eigenvalue weighted by atomic mass is 79.9. The predicted octanol–water partition coefficient (Wildman–Crippen LogP) is 3.95. The normalized spacial score (nSPS) is 11.7. The smallest absolute Gasteiger partial charge is 0.435 e. The number of rotatable bonds is 3. The molecule has 0 amide bonds. The standard InChI is InChI=1S/C8H4BrF5O2/c9-4-1-5(15-7(10)11)3-6(2-4)16-8(12,13)14/h1-3,7H. The molecular formula is C8H4BrF5O2. The van der Waals surface area contributed by atoms with Crippen LogP contribution in [0.15, 0.2) is 22.7 Å². The molecule has 0 unspecified atom stereocenters. The van der Waals surface area contributed by atoms with Crippen molar-refractivity contribution in [3.8, 4) is 11.5 Å². The fraction of sp³-hybridized carbons (Fsp3) is 0.250. The molecule has 0 aliphatic carbocycles. The third kappa shape index (κ3) is 4.65. The van der Waals surface area contributed by atoms with Crippen LogP contribution in [-0.4, -0.2) is 13.0 Å². The molecule has 0 bridgehead atoms. The van der Waals surface area contributed by atoms with Gasteiger partial charge in [0, 0.05) is 10.5 Å². The molecule has 0 spiro atoms. The number of alkyl halides is 5. The highest BCUT2D eigenvalue weighted by molar-refractivity contribution is 9.10. The zero-order valence-corrected chi connectivity index (χ0v) is 8.98. The molecule has 0 heterocycles. The van der Waals surface area contributed by atoms with Crippen molar-refractivity contribution < 1.29 is 31.4 Å². The van der Waals surface area contributed by atoms with Crippen LogP contribution in [-0.2, 0) is 0 Å². The second kappa shape index (κ2) is 4.86. The minimum Gasteiger partial charge on any atom is -0.435 e. The average molecular weight is 307 g/mol. The highest BCUT2D eigenvalue weighted by Gasteiger charge is 2.31. The van der Waals surface area contributed by atoms with E-state index in [2.05, 4.69) is 25.4 Å². The number of ether oxygens (including phenoxy) is 2. The Morgan fingerprint density at radius 2 is 1.62 bits per heavy atom. The van der Waals surface area contributed by atoms with Gasteiger partial charge in [0.15, 0.2) is 0 Å². The molecule has 0 aliphatic rings. The van der Waals surface area contributed by atoms with E-state index in [9.17, 15) is 22.0 Å². The van der Waals surface area contributed by atoms with Crippen LogP contribution in [0.25, 0.3) is 0 Å². The van der Waals surface area contributed by atoms with Gasteiger partial charge in [-0.25, -0.2) is 0 Å². The SMILES string of the molecule is FC(F)Oc1cc(Br)cc(OC(F)(F)F)c1. The summed E-state index contributed by atoms with van der Waals surface area (Å²) in [7, 11) is 0. The van der Waals surface area contributed by atoms with Crippen LogP contribution in [0.1, 0.15) is 0 Å². The molecule has 8 heteroatoms. The Hall–Kier alpha value is -1.05. The third-order valence-corrected chi connectivity index (χ3v) is 1.76. The van der Waals surface area contributed by atoms with E-state index in [1.807, 2.05) is 0 Å². The quantitative estimate of drug-likeness (QED) is 0.787. The summed E-state index contributed by atoms with van der Waals surface area (Å²) in [4.78, 5) is 0. The lowest BCUT2D eigenvalue weighted by molar-refractivity contribution is -0.274. The van der Waals surface area contributed by atoms with Crippen LogP contribution in [0, 0.1) is 0 Å². The summed E-state index contributed by atoms with van der Waals surface area (Å²) in [5.41, 5.74) is 0. The molecule has 0 N–H and O–H groups in total. The molecule has 0 saturated heterocycles. The van der Waals surface area contributed by atoms with Crippen LogP contribution in [0.3, 0.4) is 0 Å². The maximum atomic E-state index is 11.8. The average Bonchev–Trinajstić information content (AvgIpc) is 1.96. The summed E-state index contributed by atoms with van der Waals surface area (Å²) in [5, 5.41) is 0. The van der Waals surface area contributed by atoms with Crippen LogP contribution < -0.4 is 9.47 Å². The van der Waals surface area contributed by atoms with Crippen molar-refractivity contribution in [2.45, 2.75) is 13.0 Å². The first-order chi connectivity index (χ1) is 7.26. The van der Waals surface area contributed by atoms with E-state index < -0.39 is 24.5 Å². The fourth-order valence-corrected chi connectivity index (χ4v) is 1.35. The topological polar surface area (TPSA) is 18.5 Å². The molecule has 0 radical (unpaired) electrons. The molecule has 1 aromatic carbocycles. The molecule has 16 heavy (non-hydrogen) atoms. The van der Waals surface area contributed by atoms with E-state index in [-0.39, 0.29) is 4.47 Å². The van der Waals surface area contributed by atoms with E-state index in [0.29, 0.717) is 6.07 Å². The molecular weight excluding hydrogens is 303 g/mol. The molecule has 0 fully saturated rings. The van der Waals surface area contributed by atoms with Gasteiger partial charge < -0.3 is 9.47 Å². The number of hydrogen-bond donors (Lipinski definition) is 0. The monoisotopic (exact) mass is 306 g/mol. The first-order valence-electron chi connectivity index (χ1n) is 3.77. The summed E-state index contributed by atoms with van der Waals surface area (Å²) >= 11 is 2.84. The van der Waals surface area contributed by atoms with Gasteiger partial charge >= 0.3 is 13.0 Å². The molecule has 2 nitrogen and oxygen atoms in total. The van der Waals surface area contributed by atoms with Crippen molar-refractivity contribution in [3.63, 3.8) is 0 Å². The maximum absolute atomic E-state index is 11.8. The first kappa shape index (κ1) is 13.0. The van der Waals surface area contributed by atoms with Gasteiger partial charge in [-0.3, -0.25) is 0 Å². The van der Waals surface area contributed by atoms with Crippen molar-refractivity contribution >= 4 is 15.9 Å². The Kier molecular flexibility index (Phi) is 3.95. The molecule has 0 saturated carbocycles. The second-order valence-corrected chi connectivity index (χ2v) is 3.46. The Balaban J connectivity index is 2.90. The molecule has 1 rings (SSSR count). The van der Waals surface area contributed by atoms with E-state index in [4.69, 9.17) is 0 Å². The van der Waals surface area contributed by atoms with Gasteiger partial charge in [-0.05, 0) is 12.1 Å². The summed E-state index contributed by atoms with van der Waals surface area (Å²) in [6.45, 7) is -3.12. The third-order valence-electron chi connectivity index (χ3n) is 1.30. The lowest BCUT2D eigenvalue weighted by Crippen LogP contribution is -2.17. The van der Waals surface area contributed by atoms with Crippen LogP contribution in [0.4, 0.5) is 22.0 Å². The van der Waals surface area contributed by atoms with Gasteiger partial charge in [0.05, 0.1) is 0 Å². The van der Waals surface area contributed by atoms with E-state index in [0.717, 1.165) is 12.1 Å². The Morgan fingerprint density at radius 3 is 2.12 bits per heavy atom. The van der Waals surface area contributed by atoms with Crippen LogP contribution >= 0.6 is 15.9 Å². The maximum Gasteiger partial charge on any atom is 0.573 e. The van der Waals surface area contributed by atoms with E-state index >= 15 is 0 Å². The van der Waals surface area contributed by atoms with Crippen molar-refractivity contribution in [1.82, 2.24) is 0 Å². The number of hydrogen-bond acceptors (Lipinski definition) is 2. The second-order valence-electron chi connectivity index (χ2n) is 2.55. The first-order valence-corrected chi connectivity index (χ1v) is 4.57. The van der Waals surface area contributed by atoms with Gasteiger partial charge in [-0.15, -0.1) is 13.2 Å². The molecule has 1 aromatic rings. The van der Waals surface area contributed by atoms with Crippen LogP contribution in [0.2, 0.25) is 0 Å². The molecule has 0 aromatic heterocycles. The minimum absolute atomic E-state index is 0.130. The largest absolute Gasteiger partial charge is 0.573 e. The van der Waals surface area contributed by atoms with Crippen molar-refractivity contribution in [3.05, 3.63) is 22.7 Å². The van der Waals surface area contributed by atoms with E-state index in [1.165, 1.54) is 0 Å². The van der Waals surface area contributed by atoms with Crippen molar-refractivity contribution in [2.75, 3.05) is 0 Å². The van der Waals surface area contributed by atoms with Crippen molar-refractivity contribution in [1.29, 1.82) is 0 Å². The van der Waals surface area contributed by atoms with Gasteiger partial charge in [0.25, 0.3) is 0 Å². The van der Waals surface area contributed by atoms with Gasteiger partial charge in [-0.2, -0.15) is 8.78 Å².